The molecule has 0 spiro atoms. The molecule has 0 aliphatic rings. The van der Waals surface area contributed by atoms with Crippen LogP contribution in [0.25, 0.3) is 0 Å². The molecule has 6 heteroatoms. The third-order valence-electron chi connectivity index (χ3n) is 4.57. The SMILES string of the molecule is Cc1cccc(COc2cccc(C(=O)NCCNC(=O)Cc3cccc(F)c3)c2)c1. The minimum Gasteiger partial charge on any atom is -0.489 e. The van der Waals surface area contributed by atoms with Crippen molar-refractivity contribution in [2.45, 2.75) is 20.0 Å². The quantitative estimate of drug-likeness (QED) is 0.518. The molecule has 3 rings (SSSR count). The van der Waals surface area contributed by atoms with Gasteiger partial charge in [-0.05, 0) is 48.4 Å². The molecule has 0 heterocycles. The number of hydrogen-bond acceptors (Lipinski definition) is 3. The van der Waals surface area contributed by atoms with Crippen molar-refractivity contribution in [3.63, 3.8) is 0 Å². The summed E-state index contributed by atoms with van der Waals surface area (Å²) in [6.45, 7) is 3.01. The fraction of sp³-hybridized carbons (Fsp3) is 0.200. The number of aryl methyl sites for hydroxylation is 1. The van der Waals surface area contributed by atoms with Crippen molar-refractivity contribution in [1.82, 2.24) is 10.6 Å². The third kappa shape index (κ3) is 7.26. The summed E-state index contributed by atoms with van der Waals surface area (Å²) in [5.74, 6) is -0.244. The van der Waals surface area contributed by atoms with Crippen LogP contribution in [0.4, 0.5) is 4.39 Å². The molecule has 0 radical (unpaired) electrons. The van der Waals surface area contributed by atoms with Crippen LogP contribution in [0.15, 0.2) is 72.8 Å². The lowest BCUT2D eigenvalue weighted by atomic mass is 10.1. The molecule has 0 aliphatic carbocycles. The number of carbonyl (C=O) groups is 2. The van der Waals surface area contributed by atoms with E-state index < -0.39 is 0 Å². The first-order valence-electron chi connectivity index (χ1n) is 10.1. The zero-order chi connectivity index (χ0) is 22.1. The zero-order valence-corrected chi connectivity index (χ0v) is 17.4. The lowest BCUT2D eigenvalue weighted by Gasteiger charge is -2.10. The molecule has 0 fully saturated rings. The van der Waals surface area contributed by atoms with Gasteiger partial charge in [-0.3, -0.25) is 9.59 Å². The largest absolute Gasteiger partial charge is 0.489 e. The Balaban J connectivity index is 1.42. The van der Waals surface area contributed by atoms with E-state index in [-0.39, 0.29) is 37.1 Å². The van der Waals surface area contributed by atoms with Crippen molar-refractivity contribution in [3.05, 3.63) is 101 Å². The number of halogens is 1. The minimum atomic E-state index is -0.373. The van der Waals surface area contributed by atoms with Gasteiger partial charge in [-0.25, -0.2) is 4.39 Å². The van der Waals surface area contributed by atoms with Gasteiger partial charge in [-0.15, -0.1) is 0 Å². The number of ether oxygens (including phenoxy) is 1. The highest BCUT2D eigenvalue weighted by molar-refractivity contribution is 5.94. The van der Waals surface area contributed by atoms with Crippen LogP contribution in [0, 0.1) is 12.7 Å². The van der Waals surface area contributed by atoms with Crippen molar-refractivity contribution in [2.24, 2.45) is 0 Å². The Morgan fingerprint density at radius 2 is 1.61 bits per heavy atom. The number of benzene rings is 3. The average molecular weight is 420 g/mol. The van der Waals surface area contributed by atoms with E-state index in [1.165, 1.54) is 12.1 Å². The Bertz CT molecular complexity index is 1050. The maximum Gasteiger partial charge on any atom is 0.251 e. The summed E-state index contributed by atoms with van der Waals surface area (Å²) in [5, 5.41) is 5.48. The second-order valence-electron chi connectivity index (χ2n) is 7.22. The number of hydrogen-bond donors (Lipinski definition) is 2. The van der Waals surface area contributed by atoms with E-state index in [1.54, 1.807) is 36.4 Å². The first kappa shape index (κ1) is 22.0. The highest BCUT2D eigenvalue weighted by atomic mass is 19.1. The van der Waals surface area contributed by atoms with Gasteiger partial charge < -0.3 is 15.4 Å². The first-order valence-corrected chi connectivity index (χ1v) is 10.1. The van der Waals surface area contributed by atoms with Gasteiger partial charge in [0.05, 0.1) is 6.42 Å². The van der Waals surface area contributed by atoms with Crippen molar-refractivity contribution >= 4 is 11.8 Å². The molecule has 2 amide bonds. The fourth-order valence-electron chi connectivity index (χ4n) is 3.07. The van der Waals surface area contributed by atoms with Crippen LogP contribution < -0.4 is 15.4 Å². The van der Waals surface area contributed by atoms with E-state index in [0.717, 1.165) is 11.1 Å². The number of carbonyl (C=O) groups excluding carboxylic acids is 2. The van der Waals surface area contributed by atoms with Crippen LogP contribution in [-0.4, -0.2) is 24.9 Å². The molecule has 0 aliphatic heterocycles. The summed E-state index contributed by atoms with van der Waals surface area (Å²) in [4.78, 5) is 24.3. The first-order chi connectivity index (χ1) is 15.0. The molecule has 0 bridgehead atoms. The van der Waals surface area contributed by atoms with Gasteiger partial charge in [-0.2, -0.15) is 0 Å². The van der Waals surface area contributed by atoms with E-state index in [1.807, 2.05) is 25.1 Å². The second kappa shape index (κ2) is 10.9. The molecule has 0 saturated heterocycles. The number of nitrogens with one attached hydrogen (secondary N) is 2. The standard InChI is InChI=1S/C25H25FN2O3/c1-18-5-2-7-20(13-18)17-31-23-10-4-8-21(16-23)25(30)28-12-11-27-24(29)15-19-6-3-9-22(26)14-19/h2-10,13-14,16H,11-12,15,17H2,1H3,(H,27,29)(H,28,30). The Kier molecular flexibility index (Phi) is 7.76. The van der Waals surface area contributed by atoms with E-state index in [0.29, 0.717) is 23.5 Å². The van der Waals surface area contributed by atoms with Gasteiger partial charge in [-0.1, -0.05) is 48.0 Å². The zero-order valence-electron chi connectivity index (χ0n) is 17.4. The summed E-state index contributed by atoms with van der Waals surface area (Å²) < 4.78 is 19.0. The van der Waals surface area contributed by atoms with Crippen LogP contribution in [0.3, 0.4) is 0 Å². The molecule has 31 heavy (non-hydrogen) atoms. The minimum absolute atomic E-state index is 0.0893. The highest BCUT2D eigenvalue weighted by Crippen LogP contribution is 2.16. The topological polar surface area (TPSA) is 67.4 Å². The maximum atomic E-state index is 13.2. The average Bonchev–Trinajstić information content (AvgIpc) is 2.75. The van der Waals surface area contributed by atoms with E-state index in [4.69, 9.17) is 4.74 Å². The van der Waals surface area contributed by atoms with Crippen LogP contribution in [-0.2, 0) is 17.8 Å². The monoisotopic (exact) mass is 420 g/mol. The Hall–Kier alpha value is -3.67. The number of amides is 2. The van der Waals surface area contributed by atoms with Gasteiger partial charge in [0.25, 0.3) is 5.91 Å². The predicted octanol–water partition coefficient (Wildman–Crippen LogP) is 3.80. The van der Waals surface area contributed by atoms with Crippen molar-refractivity contribution in [3.8, 4) is 5.75 Å². The lowest BCUT2D eigenvalue weighted by molar-refractivity contribution is -0.120. The van der Waals surface area contributed by atoms with Crippen LogP contribution in [0.2, 0.25) is 0 Å². The van der Waals surface area contributed by atoms with Crippen LogP contribution in [0.5, 0.6) is 5.75 Å². The van der Waals surface area contributed by atoms with Crippen LogP contribution >= 0.6 is 0 Å². The molecule has 160 valence electrons. The van der Waals surface area contributed by atoms with Crippen molar-refractivity contribution in [2.75, 3.05) is 13.1 Å². The van der Waals surface area contributed by atoms with Gasteiger partial charge in [0.1, 0.15) is 18.2 Å². The Morgan fingerprint density at radius 3 is 2.42 bits per heavy atom. The maximum absolute atomic E-state index is 13.2. The van der Waals surface area contributed by atoms with Gasteiger partial charge >= 0.3 is 0 Å². The smallest absolute Gasteiger partial charge is 0.251 e. The summed E-state index contributed by atoms with van der Waals surface area (Å²) >= 11 is 0. The Labute approximate surface area is 181 Å². The molecular weight excluding hydrogens is 395 g/mol. The molecule has 0 atom stereocenters. The molecule has 0 saturated carbocycles. The molecule has 2 N–H and O–H groups in total. The van der Waals surface area contributed by atoms with Crippen LogP contribution in [0.1, 0.15) is 27.0 Å². The molecule has 0 aromatic heterocycles. The normalized spacial score (nSPS) is 10.4. The third-order valence-corrected chi connectivity index (χ3v) is 4.57. The van der Waals surface area contributed by atoms with Crippen molar-refractivity contribution < 1.29 is 18.7 Å². The summed E-state index contributed by atoms with van der Waals surface area (Å²) in [7, 11) is 0. The van der Waals surface area contributed by atoms with Gasteiger partial charge in [0.15, 0.2) is 0 Å². The van der Waals surface area contributed by atoms with Gasteiger partial charge in [0.2, 0.25) is 5.91 Å². The summed E-state index contributed by atoms with van der Waals surface area (Å²) in [5.41, 5.74) is 3.30. The van der Waals surface area contributed by atoms with E-state index in [2.05, 4.69) is 16.7 Å². The molecule has 3 aromatic rings. The lowest BCUT2D eigenvalue weighted by Crippen LogP contribution is -2.35. The Morgan fingerprint density at radius 1 is 0.871 bits per heavy atom. The molecule has 5 nitrogen and oxygen atoms in total. The summed E-state index contributed by atoms with van der Waals surface area (Å²) in [6.07, 6.45) is 0.0893. The second-order valence-corrected chi connectivity index (χ2v) is 7.22. The fourth-order valence-corrected chi connectivity index (χ4v) is 3.07. The molecule has 0 unspecified atom stereocenters. The van der Waals surface area contributed by atoms with E-state index >= 15 is 0 Å². The molecular formula is C25H25FN2O3. The predicted molar refractivity (Wildman–Crippen MR) is 117 cm³/mol. The van der Waals surface area contributed by atoms with E-state index in [9.17, 15) is 14.0 Å². The van der Waals surface area contributed by atoms with Crippen molar-refractivity contribution in [1.29, 1.82) is 0 Å². The summed E-state index contributed by atoms with van der Waals surface area (Å²) in [6, 6.07) is 20.9. The van der Waals surface area contributed by atoms with Gasteiger partial charge in [0, 0.05) is 18.7 Å². The highest BCUT2D eigenvalue weighted by Gasteiger charge is 2.08. The number of rotatable bonds is 9. The molecule has 3 aromatic carbocycles.